The highest BCUT2D eigenvalue weighted by molar-refractivity contribution is 5.97. The fraction of sp³-hybridized carbons (Fsp3) is 0.273. The van der Waals surface area contributed by atoms with Gasteiger partial charge in [0.2, 0.25) is 5.43 Å². The molecule has 3 aromatic rings. The molecular formula is C22H23FN2O2. The van der Waals surface area contributed by atoms with E-state index >= 15 is 0 Å². The molecule has 1 aromatic heterocycles. The first-order chi connectivity index (χ1) is 12.7. The van der Waals surface area contributed by atoms with Gasteiger partial charge in [-0.1, -0.05) is 12.1 Å². The number of rotatable bonds is 3. The van der Waals surface area contributed by atoms with Crippen LogP contribution in [0.1, 0.15) is 45.6 Å². The SMILES string of the molecule is Cc1cc(C)c(C(C)NC(=O)c2cn(C)c3ccc(F)cc3c2=O)cc1C. The molecule has 0 bridgehead atoms. The number of halogens is 1. The van der Waals surface area contributed by atoms with Crippen molar-refractivity contribution in [3.63, 3.8) is 0 Å². The highest BCUT2D eigenvalue weighted by Crippen LogP contribution is 2.22. The third-order valence-electron chi connectivity index (χ3n) is 5.09. The predicted molar refractivity (Wildman–Crippen MR) is 106 cm³/mol. The van der Waals surface area contributed by atoms with Crippen molar-refractivity contribution in [1.82, 2.24) is 9.88 Å². The summed E-state index contributed by atoms with van der Waals surface area (Å²) in [7, 11) is 1.73. The predicted octanol–water partition coefficient (Wildman–Crippen LogP) is 4.09. The van der Waals surface area contributed by atoms with Gasteiger partial charge < -0.3 is 9.88 Å². The van der Waals surface area contributed by atoms with Crippen molar-refractivity contribution in [2.24, 2.45) is 7.05 Å². The number of benzene rings is 2. The average Bonchev–Trinajstić information content (AvgIpc) is 2.60. The fourth-order valence-corrected chi connectivity index (χ4v) is 3.43. The molecule has 3 rings (SSSR count). The summed E-state index contributed by atoms with van der Waals surface area (Å²) < 4.78 is 15.2. The lowest BCUT2D eigenvalue weighted by Crippen LogP contribution is -2.32. The van der Waals surface area contributed by atoms with Crippen molar-refractivity contribution in [2.75, 3.05) is 0 Å². The molecule has 0 fully saturated rings. The Balaban J connectivity index is 1.98. The van der Waals surface area contributed by atoms with Gasteiger partial charge in [-0.3, -0.25) is 9.59 Å². The number of nitrogens with zero attached hydrogens (tertiary/aromatic N) is 1. The number of amides is 1. The van der Waals surface area contributed by atoms with Gasteiger partial charge in [0, 0.05) is 18.6 Å². The van der Waals surface area contributed by atoms with Crippen molar-refractivity contribution < 1.29 is 9.18 Å². The topological polar surface area (TPSA) is 51.1 Å². The van der Waals surface area contributed by atoms with Crippen LogP contribution in [-0.2, 0) is 7.05 Å². The van der Waals surface area contributed by atoms with Crippen LogP contribution in [0.15, 0.2) is 41.3 Å². The number of carbonyl (C=O) groups excluding carboxylic acids is 1. The normalized spacial score (nSPS) is 12.2. The molecule has 0 saturated carbocycles. The second kappa shape index (κ2) is 6.99. The first kappa shape index (κ1) is 18.8. The van der Waals surface area contributed by atoms with Gasteiger partial charge in [0.25, 0.3) is 5.91 Å². The first-order valence-electron chi connectivity index (χ1n) is 8.86. The molecule has 27 heavy (non-hydrogen) atoms. The molecule has 0 aliphatic carbocycles. The van der Waals surface area contributed by atoms with Crippen LogP contribution in [0.5, 0.6) is 0 Å². The fourth-order valence-electron chi connectivity index (χ4n) is 3.43. The van der Waals surface area contributed by atoms with Crippen molar-refractivity contribution in [3.8, 4) is 0 Å². The van der Waals surface area contributed by atoms with E-state index in [1.54, 1.807) is 11.6 Å². The second-order valence-corrected chi connectivity index (χ2v) is 7.13. The van der Waals surface area contributed by atoms with Gasteiger partial charge >= 0.3 is 0 Å². The molecule has 0 spiro atoms. The minimum Gasteiger partial charge on any atom is -0.350 e. The van der Waals surface area contributed by atoms with E-state index in [0.29, 0.717) is 5.52 Å². The molecule has 0 saturated heterocycles. The van der Waals surface area contributed by atoms with E-state index in [1.807, 2.05) is 27.7 Å². The second-order valence-electron chi connectivity index (χ2n) is 7.13. The summed E-state index contributed by atoms with van der Waals surface area (Å²) in [5.74, 6) is -0.969. The van der Waals surface area contributed by atoms with Crippen LogP contribution in [0, 0.1) is 26.6 Å². The van der Waals surface area contributed by atoms with E-state index in [-0.39, 0.29) is 17.0 Å². The lowest BCUT2D eigenvalue weighted by Gasteiger charge is -2.19. The number of hydrogen-bond acceptors (Lipinski definition) is 2. The first-order valence-corrected chi connectivity index (χ1v) is 8.86. The summed E-state index contributed by atoms with van der Waals surface area (Å²) in [4.78, 5) is 25.5. The summed E-state index contributed by atoms with van der Waals surface area (Å²) in [6.07, 6.45) is 1.50. The third kappa shape index (κ3) is 3.50. The number of fused-ring (bicyclic) bond motifs is 1. The lowest BCUT2D eigenvalue weighted by atomic mass is 9.96. The van der Waals surface area contributed by atoms with Gasteiger partial charge in [-0.2, -0.15) is 0 Å². The van der Waals surface area contributed by atoms with Crippen LogP contribution in [0.2, 0.25) is 0 Å². The minimum absolute atomic E-state index is 0.00365. The van der Waals surface area contributed by atoms with Crippen LogP contribution in [0.3, 0.4) is 0 Å². The number of aromatic nitrogens is 1. The molecule has 1 heterocycles. The van der Waals surface area contributed by atoms with Gasteiger partial charge in [-0.15, -0.1) is 0 Å². The highest BCUT2D eigenvalue weighted by Gasteiger charge is 2.18. The Labute approximate surface area is 157 Å². The van der Waals surface area contributed by atoms with E-state index < -0.39 is 17.2 Å². The maximum absolute atomic E-state index is 13.6. The van der Waals surface area contributed by atoms with E-state index in [4.69, 9.17) is 0 Å². The van der Waals surface area contributed by atoms with Crippen molar-refractivity contribution in [1.29, 1.82) is 0 Å². The zero-order chi connectivity index (χ0) is 19.9. The van der Waals surface area contributed by atoms with Crippen LogP contribution in [0.25, 0.3) is 10.9 Å². The van der Waals surface area contributed by atoms with Gasteiger partial charge in [-0.25, -0.2) is 4.39 Å². The summed E-state index contributed by atoms with van der Waals surface area (Å²) in [5.41, 5.74) is 4.55. The zero-order valence-corrected chi connectivity index (χ0v) is 16.2. The number of pyridine rings is 1. The summed E-state index contributed by atoms with van der Waals surface area (Å²) in [5, 5.41) is 3.10. The Morgan fingerprint density at radius 3 is 2.44 bits per heavy atom. The molecular weight excluding hydrogens is 343 g/mol. The van der Waals surface area contributed by atoms with Gasteiger partial charge in [0.15, 0.2) is 0 Å². The Morgan fingerprint density at radius 1 is 1.07 bits per heavy atom. The average molecular weight is 366 g/mol. The molecule has 2 aromatic carbocycles. The van der Waals surface area contributed by atoms with Crippen LogP contribution < -0.4 is 10.7 Å². The van der Waals surface area contributed by atoms with Gasteiger partial charge in [-0.05, 0) is 68.1 Å². The Bertz CT molecular complexity index is 1120. The van der Waals surface area contributed by atoms with Gasteiger partial charge in [0.05, 0.1) is 11.6 Å². The molecule has 1 N–H and O–H groups in total. The molecule has 0 radical (unpaired) electrons. The molecule has 140 valence electrons. The largest absolute Gasteiger partial charge is 0.350 e. The molecule has 4 nitrogen and oxygen atoms in total. The van der Waals surface area contributed by atoms with Gasteiger partial charge in [0.1, 0.15) is 11.4 Å². The smallest absolute Gasteiger partial charge is 0.257 e. The third-order valence-corrected chi connectivity index (χ3v) is 5.09. The highest BCUT2D eigenvalue weighted by atomic mass is 19.1. The Hall–Kier alpha value is -2.95. The molecule has 0 aliphatic heterocycles. The van der Waals surface area contributed by atoms with Crippen LogP contribution in [0.4, 0.5) is 4.39 Å². The number of aryl methyl sites for hydroxylation is 4. The molecule has 1 unspecified atom stereocenters. The summed E-state index contributed by atoms with van der Waals surface area (Å²) in [6.45, 7) is 7.97. The Morgan fingerprint density at radius 2 is 1.74 bits per heavy atom. The van der Waals surface area contributed by atoms with Crippen molar-refractivity contribution >= 4 is 16.8 Å². The standard InChI is InChI=1S/C22H23FN2O2/c1-12-8-14(3)17(9-13(12)2)15(4)24-22(27)19-11-25(5)20-7-6-16(23)10-18(20)21(19)26/h6-11,15H,1-5H3,(H,24,27). The summed E-state index contributed by atoms with van der Waals surface area (Å²) in [6, 6.07) is 7.89. The van der Waals surface area contributed by atoms with Crippen LogP contribution in [-0.4, -0.2) is 10.5 Å². The molecule has 0 aliphatic rings. The van der Waals surface area contributed by atoms with Crippen molar-refractivity contribution in [2.45, 2.75) is 33.7 Å². The van der Waals surface area contributed by atoms with E-state index in [1.165, 1.54) is 30.0 Å². The maximum atomic E-state index is 13.6. The van der Waals surface area contributed by atoms with E-state index in [2.05, 4.69) is 17.4 Å². The number of carbonyl (C=O) groups is 1. The summed E-state index contributed by atoms with van der Waals surface area (Å²) >= 11 is 0. The number of hydrogen-bond donors (Lipinski definition) is 1. The van der Waals surface area contributed by atoms with Crippen molar-refractivity contribution in [3.05, 3.63) is 80.4 Å². The molecule has 1 atom stereocenters. The zero-order valence-electron chi connectivity index (χ0n) is 16.2. The maximum Gasteiger partial charge on any atom is 0.257 e. The van der Waals surface area contributed by atoms with E-state index in [0.717, 1.165) is 16.7 Å². The molecule has 1 amide bonds. The quantitative estimate of drug-likeness (QED) is 0.759. The lowest BCUT2D eigenvalue weighted by molar-refractivity contribution is 0.0938. The molecule has 5 heteroatoms. The Kier molecular flexibility index (Phi) is 4.87. The monoisotopic (exact) mass is 366 g/mol. The van der Waals surface area contributed by atoms with E-state index in [9.17, 15) is 14.0 Å². The van der Waals surface area contributed by atoms with Crippen LogP contribution >= 0.6 is 0 Å². The number of nitrogens with one attached hydrogen (secondary N) is 1. The minimum atomic E-state index is -0.503.